The first-order valence-corrected chi connectivity index (χ1v) is 10.9. The summed E-state index contributed by atoms with van der Waals surface area (Å²) in [7, 11) is 0. The Bertz CT molecular complexity index is 1180. The van der Waals surface area contributed by atoms with Crippen LogP contribution in [0.2, 0.25) is 0 Å². The number of nitriles is 1. The Kier molecular flexibility index (Phi) is 8.53. The molecule has 0 aromatic heterocycles. The molecular weight excluding hydrogens is 430 g/mol. The first-order valence-electron chi connectivity index (χ1n) is 10.9. The average molecular weight is 458 g/mol. The van der Waals surface area contributed by atoms with Gasteiger partial charge in [-0.05, 0) is 78.6 Å². The number of aliphatic carboxylic acids is 1. The summed E-state index contributed by atoms with van der Waals surface area (Å²) in [6.45, 7) is 0.974. The predicted octanol–water partition coefficient (Wildman–Crippen LogP) is 4.67. The summed E-state index contributed by atoms with van der Waals surface area (Å²) >= 11 is 0. The number of benzene rings is 3. The molecule has 174 valence electrons. The molecule has 7 nitrogen and oxygen atoms in total. The lowest BCUT2D eigenvalue weighted by Crippen LogP contribution is -2.05. The van der Waals surface area contributed by atoms with Gasteiger partial charge in [-0.1, -0.05) is 18.2 Å². The molecule has 34 heavy (non-hydrogen) atoms. The van der Waals surface area contributed by atoms with Crippen LogP contribution < -0.4 is 20.9 Å². The Morgan fingerprint density at radius 3 is 2.12 bits per heavy atom. The van der Waals surface area contributed by atoms with Crippen LogP contribution in [0, 0.1) is 11.3 Å². The largest absolute Gasteiger partial charge is 0.493 e. The smallest absolute Gasteiger partial charge is 0.331 e. The number of carboxylic acid groups (broad SMARTS) is 1. The highest BCUT2D eigenvalue weighted by Crippen LogP contribution is 2.21. The van der Waals surface area contributed by atoms with Crippen molar-refractivity contribution in [2.75, 3.05) is 24.7 Å². The number of carboxylic acids is 1. The van der Waals surface area contributed by atoms with Crippen molar-refractivity contribution in [3.63, 3.8) is 0 Å². The number of anilines is 2. The number of hydrogen-bond acceptors (Lipinski definition) is 6. The zero-order valence-electron chi connectivity index (χ0n) is 18.7. The SMILES string of the molecule is N#Cc1ccc(OCCCOc2ccc(C=C(CCc3ccc(N)cc3N)C(=O)O)cc2)cc1. The highest BCUT2D eigenvalue weighted by Gasteiger charge is 2.10. The fraction of sp³-hybridized carbons (Fsp3) is 0.185. The van der Waals surface area contributed by atoms with Gasteiger partial charge >= 0.3 is 5.97 Å². The van der Waals surface area contributed by atoms with Crippen LogP contribution in [0.25, 0.3) is 6.08 Å². The van der Waals surface area contributed by atoms with Crippen molar-refractivity contribution in [3.8, 4) is 17.6 Å². The molecule has 3 rings (SSSR count). The van der Waals surface area contributed by atoms with Crippen molar-refractivity contribution in [1.82, 2.24) is 0 Å². The van der Waals surface area contributed by atoms with Crippen LogP contribution in [0.5, 0.6) is 11.5 Å². The van der Waals surface area contributed by atoms with E-state index in [4.69, 9.17) is 26.2 Å². The van der Waals surface area contributed by atoms with Crippen LogP contribution in [0.1, 0.15) is 29.5 Å². The molecular formula is C27H27N3O4. The summed E-state index contributed by atoms with van der Waals surface area (Å²) in [6, 6.07) is 21.6. The maximum atomic E-state index is 11.7. The van der Waals surface area contributed by atoms with Crippen molar-refractivity contribution in [2.45, 2.75) is 19.3 Å². The van der Waals surface area contributed by atoms with E-state index in [0.29, 0.717) is 66.5 Å². The average Bonchev–Trinajstić information content (AvgIpc) is 2.83. The Morgan fingerprint density at radius 2 is 1.56 bits per heavy atom. The van der Waals surface area contributed by atoms with E-state index in [1.165, 1.54) is 0 Å². The van der Waals surface area contributed by atoms with Gasteiger partial charge < -0.3 is 26.0 Å². The second kappa shape index (κ2) is 12.0. The first-order chi connectivity index (χ1) is 16.4. The maximum absolute atomic E-state index is 11.7. The van der Waals surface area contributed by atoms with Crippen LogP contribution >= 0.6 is 0 Å². The number of aryl methyl sites for hydroxylation is 1. The van der Waals surface area contributed by atoms with Gasteiger partial charge in [0, 0.05) is 23.4 Å². The molecule has 0 aliphatic heterocycles. The number of ether oxygens (including phenoxy) is 2. The van der Waals surface area contributed by atoms with Gasteiger partial charge in [-0.15, -0.1) is 0 Å². The lowest BCUT2D eigenvalue weighted by molar-refractivity contribution is -0.132. The summed E-state index contributed by atoms with van der Waals surface area (Å²) in [5.41, 5.74) is 15.4. The van der Waals surface area contributed by atoms with Crippen molar-refractivity contribution in [2.24, 2.45) is 0 Å². The van der Waals surface area contributed by atoms with Gasteiger partial charge in [-0.2, -0.15) is 5.26 Å². The molecule has 0 radical (unpaired) electrons. The minimum Gasteiger partial charge on any atom is -0.493 e. The lowest BCUT2D eigenvalue weighted by atomic mass is 10.0. The Balaban J connectivity index is 1.47. The monoisotopic (exact) mass is 457 g/mol. The minimum atomic E-state index is -0.961. The summed E-state index contributed by atoms with van der Waals surface area (Å²) in [6.07, 6.45) is 3.21. The molecule has 0 bridgehead atoms. The summed E-state index contributed by atoms with van der Waals surface area (Å²) < 4.78 is 11.4. The lowest BCUT2D eigenvalue weighted by Gasteiger charge is -2.09. The van der Waals surface area contributed by atoms with Crippen LogP contribution in [0.4, 0.5) is 11.4 Å². The Morgan fingerprint density at radius 1 is 0.941 bits per heavy atom. The highest BCUT2D eigenvalue weighted by molar-refractivity contribution is 5.92. The summed E-state index contributed by atoms with van der Waals surface area (Å²) in [5, 5.41) is 18.4. The Hall–Kier alpha value is -4.44. The van der Waals surface area contributed by atoms with Crippen molar-refractivity contribution in [3.05, 3.63) is 89.0 Å². The van der Waals surface area contributed by atoms with Gasteiger partial charge in [0.1, 0.15) is 11.5 Å². The molecule has 0 atom stereocenters. The number of carbonyl (C=O) groups is 1. The van der Waals surface area contributed by atoms with E-state index in [2.05, 4.69) is 6.07 Å². The molecule has 5 N–H and O–H groups in total. The van der Waals surface area contributed by atoms with Gasteiger partial charge in [0.05, 0.1) is 24.8 Å². The maximum Gasteiger partial charge on any atom is 0.331 e. The molecule has 0 fully saturated rings. The van der Waals surface area contributed by atoms with E-state index in [0.717, 1.165) is 11.1 Å². The standard InChI is InChI=1S/C27H27N3O4/c28-18-20-4-12-25(13-5-20)34-15-1-14-33-24-10-2-19(3-11-24)16-22(27(31)32)7-6-21-8-9-23(29)17-26(21)30/h2-5,8-13,16-17H,1,6-7,14-15,29-30H2,(H,31,32). The molecule has 0 saturated heterocycles. The molecule has 0 heterocycles. The van der Waals surface area contributed by atoms with Gasteiger partial charge in [-0.3, -0.25) is 0 Å². The predicted molar refractivity (Wildman–Crippen MR) is 132 cm³/mol. The molecule has 3 aromatic rings. The third-order valence-corrected chi connectivity index (χ3v) is 5.14. The number of rotatable bonds is 11. The molecule has 0 spiro atoms. The summed E-state index contributed by atoms with van der Waals surface area (Å²) in [4.78, 5) is 11.7. The van der Waals surface area contributed by atoms with Gasteiger partial charge in [0.2, 0.25) is 0 Å². The van der Waals surface area contributed by atoms with Crippen molar-refractivity contribution < 1.29 is 19.4 Å². The number of nitrogens with zero attached hydrogens (tertiary/aromatic N) is 1. The second-order valence-corrected chi connectivity index (χ2v) is 7.69. The van der Waals surface area contributed by atoms with Gasteiger partial charge in [0.15, 0.2) is 0 Å². The van der Waals surface area contributed by atoms with E-state index < -0.39 is 5.97 Å². The normalized spacial score (nSPS) is 11.0. The van der Waals surface area contributed by atoms with E-state index in [9.17, 15) is 9.90 Å². The zero-order chi connectivity index (χ0) is 24.3. The van der Waals surface area contributed by atoms with Gasteiger partial charge in [-0.25, -0.2) is 4.79 Å². The molecule has 0 aliphatic rings. The second-order valence-electron chi connectivity index (χ2n) is 7.69. The fourth-order valence-electron chi connectivity index (χ4n) is 3.28. The summed E-state index contributed by atoms with van der Waals surface area (Å²) in [5.74, 6) is 0.446. The molecule has 3 aromatic carbocycles. The Labute approximate surface area is 198 Å². The third-order valence-electron chi connectivity index (χ3n) is 5.14. The van der Waals surface area contributed by atoms with E-state index in [1.807, 2.05) is 30.3 Å². The third kappa shape index (κ3) is 7.31. The molecule has 0 amide bonds. The molecule has 0 saturated carbocycles. The molecule has 0 aliphatic carbocycles. The van der Waals surface area contributed by atoms with Crippen LogP contribution in [-0.2, 0) is 11.2 Å². The van der Waals surface area contributed by atoms with E-state index in [-0.39, 0.29) is 0 Å². The quantitative estimate of drug-likeness (QED) is 0.216. The van der Waals surface area contributed by atoms with Crippen molar-refractivity contribution in [1.29, 1.82) is 5.26 Å². The van der Waals surface area contributed by atoms with E-state index in [1.54, 1.807) is 42.5 Å². The zero-order valence-corrected chi connectivity index (χ0v) is 18.7. The van der Waals surface area contributed by atoms with Gasteiger partial charge in [0.25, 0.3) is 0 Å². The molecule has 0 unspecified atom stereocenters. The van der Waals surface area contributed by atoms with Crippen LogP contribution in [0.3, 0.4) is 0 Å². The topological polar surface area (TPSA) is 132 Å². The number of hydrogen-bond donors (Lipinski definition) is 3. The van der Waals surface area contributed by atoms with Crippen LogP contribution in [-0.4, -0.2) is 24.3 Å². The first kappa shape index (κ1) is 24.2. The number of nitrogen functional groups attached to an aromatic ring is 2. The minimum absolute atomic E-state index is 0.296. The molecule has 7 heteroatoms. The van der Waals surface area contributed by atoms with E-state index >= 15 is 0 Å². The number of nitrogens with two attached hydrogens (primary N) is 2. The van der Waals surface area contributed by atoms with Crippen LogP contribution in [0.15, 0.2) is 72.3 Å². The highest BCUT2D eigenvalue weighted by atomic mass is 16.5. The fourth-order valence-corrected chi connectivity index (χ4v) is 3.28. The van der Waals surface area contributed by atoms with Crippen molar-refractivity contribution >= 4 is 23.4 Å².